The summed E-state index contributed by atoms with van der Waals surface area (Å²) in [7, 11) is 1.52. The number of anilines is 2. The Morgan fingerprint density at radius 1 is 1.35 bits per heavy atom. The van der Waals surface area contributed by atoms with E-state index in [1.54, 1.807) is 32.0 Å². The molecule has 2 aromatic carbocycles. The van der Waals surface area contributed by atoms with Crippen molar-refractivity contribution < 1.29 is 18.7 Å². The molecule has 1 unspecified atom stereocenters. The third-order valence-corrected chi connectivity index (χ3v) is 4.69. The van der Waals surface area contributed by atoms with Gasteiger partial charge in [0.1, 0.15) is 11.6 Å². The second-order valence-electron chi connectivity index (χ2n) is 6.30. The van der Waals surface area contributed by atoms with Crippen LogP contribution in [0.25, 0.3) is 0 Å². The van der Waals surface area contributed by atoms with Crippen LogP contribution in [0.1, 0.15) is 42.4 Å². The van der Waals surface area contributed by atoms with E-state index in [2.05, 4.69) is 10.6 Å². The van der Waals surface area contributed by atoms with Crippen molar-refractivity contribution in [3.63, 3.8) is 0 Å². The first-order chi connectivity index (χ1) is 12.4. The summed E-state index contributed by atoms with van der Waals surface area (Å²) in [6.45, 7) is 3.47. The molecule has 1 aliphatic rings. The highest BCUT2D eigenvalue weighted by Gasteiger charge is 2.29. The van der Waals surface area contributed by atoms with Crippen molar-refractivity contribution in [1.82, 2.24) is 0 Å². The van der Waals surface area contributed by atoms with Gasteiger partial charge in [0.2, 0.25) is 11.8 Å². The monoisotopic (exact) mass is 356 g/mol. The number of hydrogen-bond acceptors (Lipinski definition) is 3. The Balaban J connectivity index is 2.12. The standard InChI is InChI=1S/C20H21FN2O3/c1-4-19(24)23-17-10-16-14(8-18(17)26-3)13(9-20(25)22-16)12-6-5-7-15(21)11(12)2/h5-8,10,13H,4,9H2,1-3H3,(H,22,25)(H,23,24). The number of halogens is 1. The lowest BCUT2D eigenvalue weighted by Crippen LogP contribution is -2.24. The molecule has 0 aliphatic carbocycles. The van der Waals surface area contributed by atoms with Gasteiger partial charge in [-0.25, -0.2) is 4.39 Å². The SMILES string of the molecule is CCC(=O)Nc1cc2c(cc1OC)C(c1cccc(F)c1C)CC(=O)N2. The Hall–Kier alpha value is -2.89. The van der Waals surface area contributed by atoms with Crippen LogP contribution in [0, 0.1) is 12.7 Å². The van der Waals surface area contributed by atoms with E-state index < -0.39 is 0 Å². The molecule has 0 aromatic heterocycles. The van der Waals surface area contributed by atoms with Gasteiger partial charge in [0.15, 0.2) is 0 Å². The quantitative estimate of drug-likeness (QED) is 0.871. The molecule has 5 nitrogen and oxygen atoms in total. The third-order valence-electron chi connectivity index (χ3n) is 4.69. The van der Waals surface area contributed by atoms with Crippen molar-refractivity contribution in [1.29, 1.82) is 0 Å². The number of nitrogens with one attached hydrogen (secondary N) is 2. The number of carbonyl (C=O) groups excluding carboxylic acids is 2. The molecule has 2 N–H and O–H groups in total. The number of methoxy groups -OCH3 is 1. The Labute approximate surface area is 151 Å². The van der Waals surface area contributed by atoms with Crippen LogP contribution in [0.4, 0.5) is 15.8 Å². The van der Waals surface area contributed by atoms with E-state index in [4.69, 9.17) is 4.74 Å². The highest BCUT2D eigenvalue weighted by atomic mass is 19.1. The van der Waals surface area contributed by atoms with Gasteiger partial charge < -0.3 is 15.4 Å². The lowest BCUT2D eigenvalue weighted by molar-refractivity contribution is -0.117. The zero-order chi connectivity index (χ0) is 18.8. The molecule has 26 heavy (non-hydrogen) atoms. The Morgan fingerprint density at radius 2 is 2.12 bits per heavy atom. The van der Waals surface area contributed by atoms with Crippen molar-refractivity contribution in [2.24, 2.45) is 0 Å². The van der Waals surface area contributed by atoms with Crippen LogP contribution < -0.4 is 15.4 Å². The average molecular weight is 356 g/mol. The maximum atomic E-state index is 14.0. The highest BCUT2D eigenvalue weighted by Crippen LogP contribution is 2.43. The second kappa shape index (κ2) is 7.15. The highest BCUT2D eigenvalue weighted by molar-refractivity contribution is 5.98. The average Bonchev–Trinajstić information content (AvgIpc) is 2.62. The number of benzene rings is 2. The van der Waals surface area contributed by atoms with Crippen LogP contribution in [-0.2, 0) is 9.59 Å². The molecule has 2 aromatic rings. The number of amides is 2. The van der Waals surface area contributed by atoms with Crippen LogP contribution in [0.15, 0.2) is 30.3 Å². The van der Waals surface area contributed by atoms with Crippen LogP contribution >= 0.6 is 0 Å². The van der Waals surface area contributed by atoms with Crippen molar-refractivity contribution in [2.45, 2.75) is 32.6 Å². The van der Waals surface area contributed by atoms with Crippen LogP contribution in [0.2, 0.25) is 0 Å². The van der Waals surface area contributed by atoms with E-state index in [-0.39, 0.29) is 30.0 Å². The molecule has 0 fully saturated rings. The molecule has 0 radical (unpaired) electrons. The third kappa shape index (κ3) is 3.27. The van der Waals surface area contributed by atoms with Gasteiger partial charge in [0.25, 0.3) is 0 Å². The molecule has 3 rings (SSSR count). The number of fused-ring (bicyclic) bond motifs is 1. The number of rotatable bonds is 4. The predicted octanol–water partition coefficient (Wildman–Crippen LogP) is 3.97. The number of ether oxygens (including phenoxy) is 1. The molecule has 136 valence electrons. The number of carbonyl (C=O) groups is 2. The van der Waals surface area contributed by atoms with E-state index in [0.717, 1.165) is 11.1 Å². The second-order valence-corrected chi connectivity index (χ2v) is 6.30. The first kappa shape index (κ1) is 17.9. The smallest absolute Gasteiger partial charge is 0.225 e. The van der Waals surface area contributed by atoms with E-state index in [9.17, 15) is 14.0 Å². The van der Waals surface area contributed by atoms with E-state index in [0.29, 0.717) is 29.1 Å². The summed E-state index contributed by atoms with van der Waals surface area (Å²) in [4.78, 5) is 24.0. The fraction of sp³-hybridized carbons (Fsp3) is 0.300. The molecule has 0 saturated heterocycles. The van der Waals surface area contributed by atoms with Gasteiger partial charge in [0, 0.05) is 24.4 Å². The first-order valence-corrected chi connectivity index (χ1v) is 8.51. The molecule has 1 atom stereocenters. The lowest BCUT2D eigenvalue weighted by atomic mass is 9.82. The fourth-order valence-electron chi connectivity index (χ4n) is 3.27. The van der Waals surface area contributed by atoms with Gasteiger partial charge in [-0.15, -0.1) is 0 Å². The van der Waals surface area contributed by atoms with Crippen molar-refractivity contribution >= 4 is 23.2 Å². The van der Waals surface area contributed by atoms with Gasteiger partial charge >= 0.3 is 0 Å². The lowest BCUT2D eigenvalue weighted by Gasteiger charge is -2.28. The molecule has 0 saturated carbocycles. The molecule has 0 spiro atoms. The molecule has 1 aliphatic heterocycles. The first-order valence-electron chi connectivity index (χ1n) is 8.51. The van der Waals surface area contributed by atoms with E-state index in [1.807, 2.05) is 6.07 Å². The van der Waals surface area contributed by atoms with Gasteiger partial charge in [0.05, 0.1) is 12.8 Å². The summed E-state index contributed by atoms with van der Waals surface area (Å²) in [6, 6.07) is 8.39. The molecule has 0 bridgehead atoms. The summed E-state index contributed by atoms with van der Waals surface area (Å²) in [6.07, 6.45) is 0.554. The zero-order valence-electron chi connectivity index (χ0n) is 15.0. The molecule has 6 heteroatoms. The topological polar surface area (TPSA) is 67.4 Å². The molecule has 2 amide bonds. The van der Waals surface area contributed by atoms with Gasteiger partial charge in [-0.2, -0.15) is 0 Å². The van der Waals surface area contributed by atoms with Crippen LogP contribution in [0.3, 0.4) is 0 Å². The summed E-state index contributed by atoms with van der Waals surface area (Å²) in [5, 5.41) is 5.61. The van der Waals surface area contributed by atoms with Gasteiger partial charge in [-0.05, 0) is 41.8 Å². The maximum absolute atomic E-state index is 14.0. The summed E-state index contributed by atoms with van der Waals surface area (Å²) in [5.41, 5.74) is 3.23. The normalized spacial score (nSPS) is 15.8. The fourth-order valence-corrected chi connectivity index (χ4v) is 3.27. The summed E-state index contributed by atoms with van der Waals surface area (Å²) < 4.78 is 19.4. The van der Waals surface area contributed by atoms with E-state index in [1.165, 1.54) is 13.2 Å². The molecular formula is C20H21FN2O3. The predicted molar refractivity (Wildman–Crippen MR) is 98.1 cm³/mol. The summed E-state index contributed by atoms with van der Waals surface area (Å²) >= 11 is 0. The minimum atomic E-state index is -0.297. The van der Waals surface area contributed by atoms with Crippen LogP contribution in [0.5, 0.6) is 5.75 Å². The van der Waals surface area contributed by atoms with Gasteiger partial charge in [-0.3, -0.25) is 9.59 Å². The van der Waals surface area contributed by atoms with Crippen molar-refractivity contribution in [3.05, 3.63) is 52.8 Å². The zero-order valence-corrected chi connectivity index (χ0v) is 15.0. The minimum absolute atomic E-state index is 0.149. The summed E-state index contributed by atoms with van der Waals surface area (Å²) in [5.74, 6) is -0.374. The Bertz CT molecular complexity index is 880. The minimum Gasteiger partial charge on any atom is -0.495 e. The Kier molecular flexibility index (Phi) is 4.93. The van der Waals surface area contributed by atoms with Crippen LogP contribution in [-0.4, -0.2) is 18.9 Å². The van der Waals surface area contributed by atoms with E-state index >= 15 is 0 Å². The maximum Gasteiger partial charge on any atom is 0.225 e. The molecule has 1 heterocycles. The Morgan fingerprint density at radius 3 is 2.81 bits per heavy atom. The number of hydrogen-bond donors (Lipinski definition) is 2. The van der Waals surface area contributed by atoms with Gasteiger partial charge in [-0.1, -0.05) is 19.1 Å². The van der Waals surface area contributed by atoms with Crippen molar-refractivity contribution in [2.75, 3.05) is 17.7 Å². The largest absolute Gasteiger partial charge is 0.495 e. The van der Waals surface area contributed by atoms with Crippen molar-refractivity contribution in [3.8, 4) is 5.75 Å². The molecular weight excluding hydrogens is 335 g/mol.